The van der Waals surface area contributed by atoms with Gasteiger partial charge >= 0.3 is 11.9 Å². The van der Waals surface area contributed by atoms with Crippen LogP contribution in [0.4, 0.5) is 0 Å². The number of rotatable bonds is 5. The maximum Gasteiger partial charge on any atom is 0.345 e. The molecule has 0 aromatic rings. The van der Waals surface area contributed by atoms with Crippen LogP contribution < -0.4 is 5.73 Å². The Morgan fingerprint density at radius 1 is 1.14 bits per heavy atom. The van der Waals surface area contributed by atoms with Gasteiger partial charge in [0.05, 0.1) is 13.2 Å². The number of hydrogen-bond donors (Lipinski definition) is 1. The molecular formula is C9H15NO4. The molecule has 5 nitrogen and oxygen atoms in total. The van der Waals surface area contributed by atoms with Crippen molar-refractivity contribution < 1.29 is 19.1 Å². The Bertz CT molecular complexity index is 215. The second kappa shape index (κ2) is 7.08. The van der Waals surface area contributed by atoms with Crippen LogP contribution in [0.25, 0.3) is 0 Å². The molecule has 14 heavy (non-hydrogen) atoms. The van der Waals surface area contributed by atoms with E-state index in [1.165, 1.54) is 6.08 Å². The quantitative estimate of drug-likeness (QED) is 0.293. The number of esters is 2. The fourth-order valence-corrected chi connectivity index (χ4v) is 0.786. The molecule has 0 saturated heterocycles. The van der Waals surface area contributed by atoms with Crippen molar-refractivity contribution >= 4 is 11.9 Å². The van der Waals surface area contributed by atoms with Gasteiger partial charge in [0.1, 0.15) is 5.57 Å². The molecule has 80 valence electrons. The molecule has 0 amide bonds. The van der Waals surface area contributed by atoms with E-state index in [1.807, 2.05) is 0 Å². The fourth-order valence-electron chi connectivity index (χ4n) is 0.786. The highest BCUT2D eigenvalue weighted by Gasteiger charge is 2.19. The summed E-state index contributed by atoms with van der Waals surface area (Å²) < 4.78 is 9.32. The predicted octanol–water partition coefficient (Wildman–Crippen LogP) is -0.00230. The summed E-state index contributed by atoms with van der Waals surface area (Å²) in [5.41, 5.74) is 5.06. The molecule has 0 aromatic heterocycles. The lowest BCUT2D eigenvalue weighted by Gasteiger charge is -2.05. The van der Waals surface area contributed by atoms with Gasteiger partial charge in [0, 0.05) is 6.54 Å². The lowest BCUT2D eigenvalue weighted by atomic mass is 10.2. The van der Waals surface area contributed by atoms with Crippen molar-refractivity contribution in [3.05, 3.63) is 11.6 Å². The van der Waals surface area contributed by atoms with Gasteiger partial charge in [-0.05, 0) is 19.9 Å². The standard InChI is InChI=1S/C9H15NO4/c1-3-13-8(11)7(5-6-10)9(12)14-4-2/h5H,3-4,6,10H2,1-2H3. The zero-order chi connectivity index (χ0) is 11.0. The van der Waals surface area contributed by atoms with Gasteiger partial charge in [-0.2, -0.15) is 0 Å². The molecule has 0 fully saturated rings. The van der Waals surface area contributed by atoms with E-state index in [9.17, 15) is 9.59 Å². The van der Waals surface area contributed by atoms with Crippen LogP contribution >= 0.6 is 0 Å². The zero-order valence-corrected chi connectivity index (χ0v) is 8.41. The highest BCUT2D eigenvalue weighted by atomic mass is 16.6. The first kappa shape index (κ1) is 12.6. The van der Waals surface area contributed by atoms with Crippen molar-refractivity contribution in [1.82, 2.24) is 0 Å². The first-order valence-corrected chi connectivity index (χ1v) is 4.41. The molecule has 0 bridgehead atoms. The molecule has 0 rings (SSSR count). The van der Waals surface area contributed by atoms with Crippen molar-refractivity contribution in [2.45, 2.75) is 13.8 Å². The van der Waals surface area contributed by atoms with Crippen molar-refractivity contribution in [1.29, 1.82) is 0 Å². The Kier molecular flexibility index (Phi) is 6.39. The lowest BCUT2D eigenvalue weighted by Crippen LogP contribution is -2.19. The molecular weight excluding hydrogens is 186 g/mol. The van der Waals surface area contributed by atoms with Gasteiger partial charge in [0.2, 0.25) is 0 Å². The van der Waals surface area contributed by atoms with E-state index < -0.39 is 11.9 Å². The summed E-state index contributed by atoms with van der Waals surface area (Å²) in [5, 5.41) is 0. The number of hydrogen-bond acceptors (Lipinski definition) is 5. The van der Waals surface area contributed by atoms with E-state index in [2.05, 4.69) is 9.47 Å². The third kappa shape index (κ3) is 4.04. The van der Waals surface area contributed by atoms with Crippen LogP contribution in [0.15, 0.2) is 11.6 Å². The highest BCUT2D eigenvalue weighted by molar-refractivity contribution is 6.14. The van der Waals surface area contributed by atoms with Crippen LogP contribution in [0, 0.1) is 0 Å². The van der Waals surface area contributed by atoms with E-state index in [-0.39, 0.29) is 25.3 Å². The SMILES string of the molecule is CCOC(=O)C(=CCN)C(=O)OCC. The Labute approximate surface area is 82.9 Å². The minimum atomic E-state index is -0.698. The first-order valence-electron chi connectivity index (χ1n) is 4.41. The van der Waals surface area contributed by atoms with E-state index in [4.69, 9.17) is 5.73 Å². The molecule has 0 aliphatic heterocycles. The van der Waals surface area contributed by atoms with Crippen LogP contribution in [0.5, 0.6) is 0 Å². The monoisotopic (exact) mass is 201 g/mol. The molecule has 0 atom stereocenters. The van der Waals surface area contributed by atoms with Crippen LogP contribution in [0.2, 0.25) is 0 Å². The molecule has 0 heterocycles. The van der Waals surface area contributed by atoms with Gasteiger partial charge < -0.3 is 15.2 Å². The number of nitrogens with two attached hydrogens (primary N) is 1. The summed E-state index contributed by atoms with van der Waals surface area (Å²) >= 11 is 0. The van der Waals surface area contributed by atoms with E-state index >= 15 is 0 Å². The summed E-state index contributed by atoms with van der Waals surface area (Å²) in [5.74, 6) is -1.40. The van der Waals surface area contributed by atoms with Crippen molar-refractivity contribution in [2.75, 3.05) is 19.8 Å². The van der Waals surface area contributed by atoms with Gasteiger partial charge in [-0.1, -0.05) is 0 Å². The molecule has 5 heteroatoms. The summed E-state index contributed by atoms with van der Waals surface area (Å²) in [4.78, 5) is 22.4. The van der Waals surface area contributed by atoms with Gasteiger partial charge in [-0.25, -0.2) is 9.59 Å². The van der Waals surface area contributed by atoms with Gasteiger partial charge in [-0.15, -0.1) is 0 Å². The topological polar surface area (TPSA) is 78.6 Å². The molecule has 0 aliphatic carbocycles. The zero-order valence-electron chi connectivity index (χ0n) is 8.41. The van der Waals surface area contributed by atoms with Crippen LogP contribution in [0.1, 0.15) is 13.8 Å². The Balaban J connectivity index is 4.51. The van der Waals surface area contributed by atoms with Crippen LogP contribution in [0.3, 0.4) is 0 Å². The van der Waals surface area contributed by atoms with E-state index in [0.29, 0.717) is 0 Å². The smallest absolute Gasteiger partial charge is 0.345 e. The predicted molar refractivity (Wildman–Crippen MR) is 50.4 cm³/mol. The largest absolute Gasteiger partial charge is 0.462 e. The van der Waals surface area contributed by atoms with E-state index in [0.717, 1.165) is 0 Å². The second-order valence-electron chi connectivity index (χ2n) is 2.29. The Hall–Kier alpha value is -1.36. The lowest BCUT2D eigenvalue weighted by molar-refractivity contribution is -0.146. The maximum absolute atomic E-state index is 11.2. The Morgan fingerprint density at radius 3 is 1.86 bits per heavy atom. The van der Waals surface area contributed by atoms with E-state index in [1.54, 1.807) is 13.8 Å². The minimum Gasteiger partial charge on any atom is -0.462 e. The summed E-state index contributed by atoms with van der Waals surface area (Å²) in [6.07, 6.45) is 1.29. The summed E-state index contributed by atoms with van der Waals surface area (Å²) in [7, 11) is 0. The molecule has 0 aliphatic rings. The number of carbonyl (C=O) groups is 2. The third-order valence-electron chi connectivity index (χ3n) is 1.31. The van der Waals surface area contributed by atoms with Gasteiger partial charge in [0.15, 0.2) is 0 Å². The molecule has 0 saturated carbocycles. The average Bonchev–Trinajstić information content (AvgIpc) is 2.14. The number of carbonyl (C=O) groups excluding carboxylic acids is 2. The fraction of sp³-hybridized carbons (Fsp3) is 0.556. The van der Waals surface area contributed by atoms with Crippen molar-refractivity contribution in [3.63, 3.8) is 0 Å². The first-order chi connectivity index (χ1) is 6.67. The minimum absolute atomic E-state index is 0.0902. The number of ether oxygens (including phenoxy) is 2. The third-order valence-corrected chi connectivity index (χ3v) is 1.31. The Morgan fingerprint density at radius 2 is 1.57 bits per heavy atom. The molecule has 2 N–H and O–H groups in total. The summed E-state index contributed by atoms with van der Waals surface area (Å²) in [6.45, 7) is 3.82. The van der Waals surface area contributed by atoms with Crippen molar-refractivity contribution in [2.24, 2.45) is 5.73 Å². The molecule has 0 spiro atoms. The highest BCUT2D eigenvalue weighted by Crippen LogP contribution is 2.01. The van der Waals surface area contributed by atoms with Crippen molar-refractivity contribution in [3.8, 4) is 0 Å². The van der Waals surface area contributed by atoms with Gasteiger partial charge in [0.25, 0.3) is 0 Å². The second-order valence-corrected chi connectivity index (χ2v) is 2.29. The van der Waals surface area contributed by atoms with Gasteiger partial charge in [-0.3, -0.25) is 0 Å². The normalized spacial score (nSPS) is 9.07. The summed E-state index contributed by atoms with van der Waals surface area (Å²) in [6, 6.07) is 0. The van der Waals surface area contributed by atoms with Crippen LogP contribution in [-0.4, -0.2) is 31.7 Å². The maximum atomic E-state index is 11.2. The van der Waals surface area contributed by atoms with Crippen LogP contribution in [-0.2, 0) is 19.1 Å². The molecule has 0 unspecified atom stereocenters. The average molecular weight is 201 g/mol. The molecule has 0 aromatic carbocycles. The molecule has 0 radical (unpaired) electrons.